The van der Waals surface area contributed by atoms with Crippen molar-refractivity contribution in [3.8, 4) is 0 Å². The monoisotopic (exact) mass is 303 g/mol. The van der Waals surface area contributed by atoms with Crippen LogP contribution in [0.25, 0.3) is 0 Å². The lowest BCUT2D eigenvalue weighted by Crippen LogP contribution is -2.43. The van der Waals surface area contributed by atoms with E-state index in [1.165, 1.54) is 24.6 Å². The Labute approximate surface area is 116 Å². The first kappa shape index (κ1) is 14.9. The van der Waals surface area contributed by atoms with E-state index in [-0.39, 0.29) is 30.0 Å². The molecule has 20 heavy (non-hydrogen) atoms. The molecule has 2 heterocycles. The molecule has 1 aromatic heterocycles. The first-order valence-corrected chi connectivity index (χ1v) is 7.65. The van der Waals surface area contributed by atoms with Gasteiger partial charge >= 0.3 is 0 Å². The van der Waals surface area contributed by atoms with E-state index in [9.17, 15) is 13.2 Å². The third-order valence-corrected chi connectivity index (χ3v) is 5.11. The topological polar surface area (TPSA) is 117 Å². The molecule has 2 rings (SSSR count). The van der Waals surface area contributed by atoms with Crippen LogP contribution >= 0.6 is 0 Å². The van der Waals surface area contributed by atoms with Crippen molar-refractivity contribution in [2.24, 2.45) is 5.92 Å². The highest BCUT2D eigenvalue weighted by molar-refractivity contribution is 7.89. The van der Waals surface area contributed by atoms with Crippen LogP contribution in [0.4, 0.5) is 0 Å². The van der Waals surface area contributed by atoms with Crippen molar-refractivity contribution >= 4 is 15.9 Å². The summed E-state index contributed by atoms with van der Waals surface area (Å²) in [6.07, 6.45) is 1.30. The zero-order valence-electron chi connectivity index (χ0n) is 11.2. The number of rotatable bonds is 5. The van der Waals surface area contributed by atoms with Crippen LogP contribution in [-0.4, -0.2) is 73.1 Å². The molecule has 0 spiro atoms. The standard InChI is InChI=1S/C10H17N5O4S/c1-15(2)20(17,18)6-7-4-19-5-9(7)12-10(16)8-3-11-14-13-8/h3,7,9H,4-6H2,1-2H3,(H,12,16)(H,11,13,14)/t7-,9-/m0/s1. The number of carbonyl (C=O) groups excluding carboxylic acids is 1. The average Bonchev–Trinajstić information content (AvgIpc) is 3.00. The molecule has 10 heteroatoms. The van der Waals surface area contributed by atoms with Crippen molar-refractivity contribution in [2.45, 2.75) is 6.04 Å². The molecule has 0 radical (unpaired) electrons. The van der Waals surface area contributed by atoms with Gasteiger partial charge in [0.05, 0.1) is 31.2 Å². The minimum Gasteiger partial charge on any atom is -0.379 e. The molecule has 1 aromatic rings. The summed E-state index contributed by atoms with van der Waals surface area (Å²) < 4.78 is 30.2. The Morgan fingerprint density at radius 3 is 2.90 bits per heavy atom. The molecule has 1 aliphatic rings. The van der Waals surface area contributed by atoms with Crippen LogP contribution in [0.3, 0.4) is 0 Å². The predicted molar refractivity (Wildman–Crippen MR) is 69.4 cm³/mol. The summed E-state index contributed by atoms with van der Waals surface area (Å²) in [5.41, 5.74) is 0.158. The smallest absolute Gasteiger partial charge is 0.273 e. The Balaban J connectivity index is 1.99. The number of aromatic nitrogens is 3. The number of ether oxygens (including phenoxy) is 1. The van der Waals surface area contributed by atoms with Crippen molar-refractivity contribution < 1.29 is 17.9 Å². The van der Waals surface area contributed by atoms with Crippen molar-refractivity contribution in [3.05, 3.63) is 11.9 Å². The molecule has 0 unspecified atom stereocenters. The lowest BCUT2D eigenvalue weighted by atomic mass is 10.1. The van der Waals surface area contributed by atoms with E-state index in [0.29, 0.717) is 6.61 Å². The molecular formula is C10H17N5O4S. The molecule has 1 aliphatic heterocycles. The SMILES string of the molecule is CN(C)S(=O)(=O)C[C@@H]1COC[C@@H]1NC(=O)c1cn[nH]n1. The van der Waals surface area contributed by atoms with Crippen molar-refractivity contribution in [1.29, 1.82) is 0 Å². The third kappa shape index (κ3) is 3.32. The molecule has 112 valence electrons. The first-order chi connectivity index (χ1) is 9.40. The van der Waals surface area contributed by atoms with E-state index in [4.69, 9.17) is 4.74 Å². The predicted octanol–water partition coefficient (Wildman–Crippen LogP) is -1.56. The van der Waals surface area contributed by atoms with Gasteiger partial charge in [-0.25, -0.2) is 12.7 Å². The number of sulfonamides is 1. The maximum atomic E-state index is 11.9. The fourth-order valence-electron chi connectivity index (χ4n) is 1.90. The van der Waals surface area contributed by atoms with Crippen LogP contribution in [-0.2, 0) is 14.8 Å². The number of nitrogens with zero attached hydrogens (tertiary/aromatic N) is 3. The second kappa shape index (κ2) is 5.85. The van der Waals surface area contributed by atoms with Crippen LogP contribution in [0.15, 0.2) is 6.20 Å². The van der Waals surface area contributed by atoms with E-state index in [0.717, 1.165) is 0 Å². The number of carbonyl (C=O) groups is 1. The Morgan fingerprint density at radius 2 is 2.30 bits per heavy atom. The van der Waals surface area contributed by atoms with Crippen LogP contribution in [0, 0.1) is 5.92 Å². The van der Waals surface area contributed by atoms with Gasteiger partial charge in [0, 0.05) is 20.0 Å². The highest BCUT2D eigenvalue weighted by atomic mass is 32.2. The Bertz CT molecular complexity index is 556. The van der Waals surface area contributed by atoms with Gasteiger partial charge in [-0.1, -0.05) is 0 Å². The maximum absolute atomic E-state index is 11.9. The third-order valence-electron chi connectivity index (χ3n) is 3.14. The van der Waals surface area contributed by atoms with Gasteiger partial charge in [-0.05, 0) is 0 Å². The lowest BCUT2D eigenvalue weighted by Gasteiger charge is -2.20. The van der Waals surface area contributed by atoms with Crippen molar-refractivity contribution in [2.75, 3.05) is 33.1 Å². The van der Waals surface area contributed by atoms with Gasteiger partial charge in [-0.2, -0.15) is 15.4 Å². The zero-order chi connectivity index (χ0) is 14.8. The number of nitrogens with one attached hydrogen (secondary N) is 2. The molecule has 1 amide bonds. The zero-order valence-corrected chi connectivity index (χ0v) is 12.1. The minimum atomic E-state index is -3.34. The molecule has 0 bridgehead atoms. The second-order valence-corrected chi connectivity index (χ2v) is 7.02. The highest BCUT2D eigenvalue weighted by Crippen LogP contribution is 2.17. The van der Waals surface area contributed by atoms with Crippen LogP contribution in [0.1, 0.15) is 10.5 Å². The van der Waals surface area contributed by atoms with Gasteiger partial charge in [-0.15, -0.1) is 0 Å². The van der Waals surface area contributed by atoms with Gasteiger partial charge in [-0.3, -0.25) is 4.79 Å². The second-order valence-electron chi connectivity index (χ2n) is 4.79. The summed E-state index contributed by atoms with van der Waals surface area (Å²) in [5, 5.41) is 12.3. The van der Waals surface area contributed by atoms with Gasteiger partial charge in [0.25, 0.3) is 5.91 Å². The Kier molecular flexibility index (Phi) is 4.35. The van der Waals surface area contributed by atoms with Crippen LogP contribution < -0.4 is 5.32 Å². The van der Waals surface area contributed by atoms with Gasteiger partial charge in [0.2, 0.25) is 10.0 Å². The minimum absolute atomic E-state index is 0.0657. The normalized spacial score (nSPS) is 23.1. The van der Waals surface area contributed by atoms with Crippen LogP contribution in [0.5, 0.6) is 0 Å². The fraction of sp³-hybridized carbons (Fsp3) is 0.700. The van der Waals surface area contributed by atoms with E-state index < -0.39 is 15.9 Å². The molecule has 0 aromatic carbocycles. The largest absolute Gasteiger partial charge is 0.379 e. The van der Waals surface area contributed by atoms with Crippen molar-refractivity contribution in [1.82, 2.24) is 25.0 Å². The van der Waals surface area contributed by atoms with Crippen LogP contribution in [0.2, 0.25) is 0 Å². The summed E-state index contributed by atoms with van der Waals surface area (Å²) in [7, 11) is -0.376. The maximum Gasteiger partial charge on any atom is 0.273 e. The number of H-pyrrole nitrogens is 1. The number of aromatic amines is 1. The van der Waals surface area contributed by atoms with Gasteiger partial charge in [0.1, 0.15) is 0 Å². The summed E-state index contributed by atoms with van der Waals surface area (Å²) in [5.74, 6) is -0.746. The molecule has 2 atom stereocenters. The fourth-order valence-corrected chi connectivity index (χ4v) is 3.06. The van der Waals surface area contributed by atoms with Gasteiger partial charge < -0.3 is 10.1 Å². The highest BCUT2D eigenvalue weighted by Gasteiger charge is 2.34. The molecule has 1 saturated heterocycles. The summed E-state index contributed by atoms with van der Waals surface area (Å²) in [6, 6.07) is -0.353. The van der Waals surface area contributed by atoms with Crippen molar-refractivity contribution in [3.63, 3.8) is 0 Å². The Morgan fingerprint density at radius 1 is 1.55 bits per heavy atom. The molecule has 1 fully saturated rings. The summed E-state index contributed by atoms with van der Waals surface area (Å²) in [4.78, 5) is 11.9. The Hall–Kier alpha value is -1.52. The number of amides is 1. The first-order valence-electron chi connectivity index (χ1n) is 6.04. The lowest BCUT2D eigenvalue weighted by molar-refractivity contribution is 0.0921. The molecule has 0 saturated carbocycles. The molecular weight excluding hydrogens is 286 g/mol. The van der Waals surface area contributed by atoms with E-state index in [2.05, 4.69) is 20.7 Å². The number of hydrogen-bond acceptors (Lipinski definition) is 6. The number of hydrogen-bond donors (Lipinski definition) is 2. The molecule has 9 nitrogen and oxygen atoms in total. The van der Waals surface area contributed by atoms with E-state index in [1.54, 1.807) is 0 Å². The summed E-state index contributed by atoms with van der Waals surface area (Å²) in [6.45, 7) is 0.591. The quantitative estimate of drug-likeness (QED) is 0.679. The van der Waals surface area contributed by atoms with E-state index in [1.807, 2.05) is 0 Å². The summed E-state index contributed by atoms with van der Waals surface area (Å²) >= 11 is 0. The molecule has 2 N–H and O–H groups in total. The molecule has 0 aliphatic carbocycles. The average molecular weight is 303 g/mol. The van der Waals surface area contributed by atoms with E-state index >= 15 is 0 Å². The van der Waals surface area contributed by atoms with Gasteiger partial charge in [0.15, 0.2) is 5.69 Å².